The quantitative estimate of drug-likeness (QED) is 0.280. The monoisotopic (exact) mass is 568 g/mol. The van der Waals surface area contributed by atoms with Gasteiger partial charge in [-0.3, -0.25) is 0 Å². The molecule has 2 unspecified atom stereocenters. The molecule has 0 radical (unpaired) electrons. The number of rotatable bonds is 1. The van der Waals surface area contributed by atoms with E-state index in [1.54, 1.807) is 0 Å². The third-order valence-electron chi connectivity index (χ3n) is 11.8. The van der Waals surface area contributed by atoms with Gasteiger partial charge < -0.3 is 30.2 Å². The maximum absolute atomic E-state index is 14.1. The van der Waals surface area contributed by atoms with E-state index in [-0.39, 0.29) is 23.0 Å². The molecule has 0 amide bonds. The number of piperidine rings is 1. The summed E-state index contributed by atoms with van der Waals surface area (Å²) in [6, 6.07) is 8.91. The van der Waals surface area contributed by atoms with Crippen LogP contribution in [0.5, 0.6) is 0 Å². The van der Waals surface area contributed by atoms with E-state index in [4.69, 9.17) is 4.74 Å². The van der Waals surface area contributed by atoms with Crippen LogP contribution in [0.2, 0.25) is 0 Å². The molecule has 5 aliphatic heterocycles. The number of hydrogen-bond donors (Lipinski definition) is 3. The summed E-state index contributed by atoms with van der Waals surface area (Å²) >= 11 is 0. The Hall–Kier alpha value is -2.22. The minimum atomic E-state index is -0.207. The van der Waals surface area contributed by atoms with Gasteiger partial charge in [0.25, 0.3) is 0 Å². The fraction of sp³-hybridized carbons (Fsp3) is 0.611. The molecule has 6 nitrogen and oxygen atoms in total. The summed E-state index contributed by atoms with van der Waals surface area (Å²) in [4.78, 5) is 6.55. The lowest BCUT2D eigenvalue weighted by Gasteiger charge is -2.59. The fourth-order valence-corrected chi connectivity index (χ4v) is 10.00. The van der Waals surface area contributed by atoms with E-state index < -0.39 is 0 Å². The summed E-state index contributed by atoms with van der Waals surface area (Å²) in [6.07, 6.45) is 24.9. The Morgan fingerprint density at radius 1 is 0.929 bits per heavy atom. The highest BCUT2D eigenvalue weighted by atomic mass is 16.6. The second kappa shape index (κ2) is 11.0. The molecule has 1 aromatic heterocycles. The first kappa shape index (κ1) is 27.3. The largest absolute Gasteiger partial charge is 0.629 e. The lowest BCUT2D eigenvalue weighted by molar-refractivity contribution is -0.765. The van der Waals surface area contributed by atoms with Crippen molar-refractivity contribution in [3.8, 4) is 0 Å². The lowest BCUT2D eigenvalue weighted by atomic mass is 9.50. The van der Waals surface area contributed by atoms with E-state index in [0.717, 1.165) is 61.9 Å². The third kappa shape index (κ3) is 4.40. The lowest BCUT2D eigenvalue weighted by Crippen LogP contribution is -3.07. The van der Waals surface area contributed by atoms with Crippen LogP contribution in [0, 0.1) is 22.5 Å². The first-order valence-electron chi connectivity index (χ1n) is 17.0. The van der Waals surface area contributed by atoms with Crippen LogP contribution < -0.4 is 20.9 Å². The Balaban J connectivity index is 1.33. The van der Waals surface area contributed by atoms with Crippen LogP contribution in [-0.2, 0) is 4.74 Å². The van der Waals surface area contributed by atoms with Gasteiger partial charge in [0, 0.05) is 34.1 Å². The number of hydroxylamine groups is 2. The van der Waals surface area contributed by atoms with Crippen molar-refractivity contribution in [1.82, 2.24) is 15.2 Å². The number of nitrogens with zero attached hydrogens (tertiary/aromatic N) is 1. The van der Waals surface area contributed by atoms with Crippen LogP contribution in [0.3, 0.4) is 0 Å². The number of para-hydroxylation sites is 1. The maximum Gasteiger partial charge on any atom is 0.138 e. The van der Waals surface area contributed by atoms with E-state index in [1.165, 1.54) is 62.1 Å². The van der Waals surface area contributed by atoms with Crippen molar-refractivity contribution in [2.45, 2.75) is 88.4 Å². The predicted octanol–water partition coefficient (Wildman–Crippen LogP) is 3.53. The zero-order chi connectivity index (χ0) is 28.1. The van der Waals surface area contributed by atoms with Crippen LogP contribution in [0.1, 0.15) is 70.6 Å². The summed E-state index contributed by atoms with van der Waals surface area (Å²) in [7, 11) is 0. The van der Waals surface area contributed by atoms with Gasteiger partial charge in [-0.1, -0.05) is 42.5 Å². The van der Waals surface area contributed by atoms with Crippen molar-refractivity contribution in [2.24, 2.45) is 17.3 Å². The van der Waals surface area contributed by atoms with Gasteiger partial charge in [0.2, 0.25) is 0 Å². The topological polar surface area (TPSA) is 71.1 Å². The molecule has 1 saturated carbocycles. The summed E-state index contributed by atoms with van der Waals surface area (Å²) in [5.74, 6) is 0.569. The van der Waals surface area contributed by atoms with E-state index in [1.807, 2.05) is 0 Å². The molecule has 1 aliphatic carbocycles. The molecule has 1 aromatic carbocycles. The number of H-pyrrole nitrogens is 1. The third-order valence-corrected chi connectivity index (χ3v) is 11.8. The standard InChI is InChI=1S/C36H48N4O2/c41-40-24-17-27-26-15-9-10-16-29(26)38-31(27)32(40)30-28-18-23-39-22-14-8-4-2-6-12-20-36(33(30)42-36)34-35(28,25-39)19-11-5-1-3-7-13-21-37-34/h1-2,5-6,9-10,15-17,28,30,33-34,37-38,40H,3-4,7-8,11-14,18-25H2/b5-1-,6-2-/t28-,30+,33-,34+,35-,36-/m0/s1. The van der Waals surface area contributed by atoms with Crippen molar-refractivity contribution < 1.29 is 9.80 Å². The van der Waals surface area contributed by atoms with Gasteiger partial charge in [-0.15, -0.1) is 0 Å². The van der Waals surface area contributed by atoms with Gasteiger partial charge in [-0.2, -0.15) is 0 Å². The van der Waals surface area contributed by atoms with Crippen molar-refractivity contribution in [1.29, 1.82) is 0 Å². The molecule has 224 valence electrons. The van der Waals surface area contributed by atoms with E-state index in [9.17, 15) is 5.21 Å². The highest BCUT2D eigenvalue weighted by Crippen LogP contribution is 2.65. The first-order valence-corrected chi connectivity index (χ1v) is 17.0. The Kier molecular flexibility index (Phi) is 7.19. The summed E-state index contributed by atoms with van der Waals surface area (Å²) < 4.78 is 7.16. The van der Waals surface area contributed by atoms with Crippen molar-refractivity contribution in [3.05, 3.63) is 64.3 Å². The zero-order valence-electron chi connectivity index (χ0n) is 25.1. The van der Waals surface area contributed by atoms with Gasteiger partial charge in [-0.05, 0) is 108 Å². The van der Waals surface area contributed by atoms with Gasteiger partial charge >= 0.3 is 0 Å². The number of quaternary nitrogens is 1. The molecule has 2 aromatic rings. The molecule has 42 heavy (non-hydrogen) atoms. The second-order valence-electron chi connectivity index (χ2n) is 14.0. The fourth-order valence-electron chi connectivity index (χ4n) is 10.00. The van der Waals surface area contributed by atoms with E-state index >= 15 is 0 Å². The van der Waals surface area contributed by atoms with Gasteiger partial charge in [0.15, 0.2) is 0 Å². The number of nitrogens with one attached hydrogen (secondary N) is 3. The molecular formula is C36H48N4O2. The molecule has 3 bridgehead atoms. The van der Waals surface area contributed by atoms with Crippen LogP contribution >= 0.6 is 0 Å². The van der Waals surface area contributed by atoms with Crippen molar-refractivity contribution in [3.63, 3.8) is 0 Å². The van der Waals surface area contributed by atoms with Crippen molar-refractivity contribution >= 4 is 22.7 Å². The molecule has 2 saturated heterocycles. The van der Waals surface area contributed by atoms with E-state index in [2.05, 4.69) is 69.8 Å². The molecule has 8 atom stereocenters. The molecule has 3 N–H and O–H groups in total. The normalized spacial score (nSPS) is 41.9. The van der Waals surface area contributed by atoms with Gasteiger partial charge in [-0.25, -0.2) is 0 Å². The number of ether oxygens (including phenoxy) is 1. The minimum Gasteiger partial charge on any atom is -0.629 e. The van der Waals surface area contributed by atoms with Crippen molar-refractivity contribution in [2.75, 3.05) is 32.7 Å². The molecule has 8 rings (SSSR count). The second-order valence-corrected chi connectivity index (χ2v) is 14.0. The Labute approximate surface area is 250 Å². The Morgan fingerprint density at radius 2 is 1.74 bits per heavy atom. The molecule has 6 heterocycles. The Morgan fingerprint density at radius 3 is 2.64 bits per heavy atom. The predicted molar refractivity (Wildman–Crippen MR) is 169 cm³/mol. The SMILES string of the molecule is [O-][NH+]1CC=c2c([nH]c3ccccc23)=C1[C@H]1[C@@H]2CCN3CCCC/C=C\CC[C@@]4(O[C@@H]14)[C@@H]1NCCCC/C=C\CC[C@@]12C3. The van der Waals surface area contributed by atoms with Gasteiger partial charge in [0.05, 0.1) is 5.92 Å². The summed E-state index contributed by atoms with van der Waals surface area (Å²) in [5, 5.41) is 22.2. The van der Waals surface area contributed by atoms with E-state index in [0.29, 0.717) is 23.6 Å². The van der Waals surface area contributed by atoms with Crippen LogP contribution in [-0.4, -0.2) is 60.4 Å². The van der Waals surface area contributed by atoms with Crippen LogP contribution in [0.25, 0.3) is 22.7 Å². The molecular weight excluding hydrogens is 520 g/mol. The smallest absolute Gasteiger partial charge is 0.138 e. The summed E-state index contributed by atoms with van der Waals surface area (Å²) in [6.45, 7) is 5.00. The molecule has 3 fully saturated rings. The maximum atomic E-state index is 14.1. The number of fused-ring (bicyclic) bond motifs is 4. The molecule has 6 heteroatoms. The molecule has 2 spiro atoms. The number of aromatic amines is 1. The number of hydrogen-bond acceptors (Lipinski definition) is 4. The molecule has 6 aliphatic rings. The minimum absolute atomic E-state index is 0.0724. The number of benzene rings is 1. The van der Waals surface area contributed by atoms with Crippen LogP contribution in [0.15, 0.2) is 48.6 Å². The number of aromatic nitrogens is 1. The van der Waals surface area contributed by atoms with Gasteiger partial charge in [0.1, 0.15) is 29.3 Å². The zero-order valence-corrected chi connectivity index (χ0v) is 25.1. The average Bonchev–Trinajstić information content (AvgIpc) is 3.61. The van der Waals surface area contributed by atoms with Crippen LogP contribution in [0.4, 0.5) is 0 Å². The Bertz CT molecular complexity index is 1490. The highest BCUT2D eigenvalue weighted by Gasteiger charge is 2.76. The highest BCUT2D eigenvalue weighted by molar-refractivity contribution is 5.81. The average molecular weight is 569 g/mol. The summed E-state index contributed by atoms with van der Waals surface area (Å²) in [5.41, 5.74) is 2.05. The number of allylic oxidation sites excluding steroid dienone is 4. The number of epoxide rings is 1. The first-order chi connectivity index (χ1) is 20.7.